The van der Waals surface area contributed by atoms with Gasteiger partial charge in [-0.1, -0.05) is 30.9 Å². The molecule has 5 atom stereocenters. The number of fused-ring (bicyclic) bond motifs is 3. The van der Waals surface area contributed by atoms with Crippen LogP contribution in [-0.4, -0.2) is 113 Å². The molecule has 18 heteroatoms. The van der Waals surface area contributed by atoms with Gasteiger partial charge in [0.15, 0.2) is 0 Å². The number of ether oxygens (including phenoxy) is 2. The van der Waals surface area contributed by atoms with Gasteiger partial charge in [-0.15, -0.1) is 0 Å². The lowest BCUT2D eigenvalue weighted by molar-refractivity contribution is -0.142. The molecule has 0 aromatic heterocycles. The first-order valence-corrected chi connectivity index (χ1v) is 19.9. The summed E-state index contributed by atoms with van der Waals surface area (Å²) in [5.41, 5.74) is -1.64. The van der Waals surface area contributed by atoms with Crippen LogP contribution in [0.3, 0.4) is 0 Å². The van der Waals surface area contributed by atoms with Gasteiger partial charge in [-0.25, -0.2) is 22.4 Å². The van der Waals surface area contributed by atoms with Gasteiger partial charge in [0, 0.05) is 31.0 Å². The number of nitrogens with one attached hydrogen (secondary N) is 3. The smallest absolute Gasteiger partial charge is 0.410 e. The summed E-state index contributed by atoms with van der Waals surface area (Å²) in [5.74, 6) is -4.10. The highest BCUT2D eigenvalue weighted by atomic mass is 32.2. The topological polar surface area (TPSA) is 201 Å². The Morgan fingerprint density at radius 3 is 2.51 bits per heavy atom. The molecule has 3 aliphatic heterocycles. The molecule has 0 radical (unpaired) electrons. The molecule has 2 saturated carbocycles. The fourth-order valence-electron chi connectivity index (χ4n) is 7.21. The Bertz CT molecular complexity index is 1910. The SMILES string of the molecule is C=CC(=O)N1CCC/C=C\[C@@H]2C[C@@]2(C(=O)NS(=O)(=O)C2CC2)NC(=O)[C@@H]2CC(OC(=O)N3Cc4cccc(F)c4C3)CN2C(=O)[C@@H](NC(=O)OC(C)(C)C)C1. The van der Waals surface area contributed by atoms with Crippen LogP contribution in [0, 0.1) is 11.7 Å². The standard InChI is InChI=1S/C37H47FN6O10S/c1-5-30(45)42-15-8-6-7-11-23-17-37(23,33(48)41-55(51,52)25-13-14-25)40-31(46)29-16-24(53-35(50)43-18-22-10-9-12-27(38)26(22)20-43)19-44(29)32(47)28(21-42)39-34(49)54-36(2,3)4/h5,7,9-12,23-25,28-29H,1,6,8,13-21H2,2-4H3,(H,39,49)(H,40,46)(H,41,48)/b11-7-/t23-,24?,28+,29+,37-/m1/s1. The number of rotatable bonds is 6. The Morgan fingerprint density at radius 1 is 1.09 bits per heavy atom. The predicted octanol–water partition coefficient (Wildman–Crippen LogP) is 1.99. The number of benzene rings is 1. The van der Waals surface area contributed by atoms with E-state index in [1.807, 2.05) is 0 Å². The van der Waals surface area contributed by atoms with Crippen molar-refractivity contribution in [2.75, 3.05) is 19.6 Å². The first kappa shape index (κ1) is 39.7. The van der Waals surface area contributed by atoms with Gasteiger partial charge in [-0.05, 0) is 70.6 Å². The Kier molecular flexibility index (Phi) is 11.0. The molecule has 6 amide bonds. The lowest BCUT2D eigenvalue weighted by Gasteiger charge is -2.32. The highest BCUT2D eigenvalue weighted by molar-refractivity contribution is 7.91. The fraction of sp³-hybridized carbons (Fsp3) is 0.568. The number of sulfonamides is 1. The van der Waals surface area contributed by atoms with E-state index in [4.69, 9.17) is 9.47 Å². The van der Waals surface area contributed by atoms with Crippen LogP contribution in [0.4, 0.5) is 14.0 Å². The summed E-state index contributed by atoms with van der Waals surface area (Å²) in [6.45, 7) is 7.99. The molecule has 1 saturated heterocycles. The Hall–Kier alpha value is -5.00. The molecule has 6 rings (SSSR count). The summed E-state index contributed by atoms with van der Waals surface area (Å²) in [7, 11) is -3.98. The summed E-state index contributed by atoms with van der Waals surface area (Å²) in [6.07, 6.45) is 3.24. The summed E-state index contributed by atoms with van der Waals surface area (Å²) >= 11 is 0. The number of carbonyl (C=O) groups is 6. The van der Waals surface area contributed by atoms with Crippen molar-refractivity contribution < 1.29 is 51.0 Å². The summed E-state index contributed by atoms with van der Waals surface area (Å²) < 4.78 is 53.5. The second-order valence-electron chi connectivity index (χ2n) is 15.7. The first-order chi connectivity index (χ1) is 25.9. The van der Waals surface area contributed by atoms with Gasteiger partial charge < -0.3 is 29.9 Å². The highest BCUT2D eigenvalue weighted by Crippen LogP contribution is 2.46. The molecule has 5 aliphatic rings. The second kappa shape index (κ2) is 15.3. The molecular weight excluding hydrogens is 740 g/mol. The third kappa shape index (κ3) is 8.95. The average Bonchev–Trinajstić information content (AvgIpc) is 3.99. The van der Waals surface area contributed by atoms with E-state index in [0.717, 1.165) is 11.0 Å². The molecule has 1 unspecified atom stereocenters. The maximum atomic E-state index is 14.6. The van der Waals surface area contributed by atoms with Crippen LogP contribution >= 0.6 is 0 Å². The zero-order valence-corrected chi connectivity index (χ0v) is 31.9. The number of hydrogen-bond acceptors (Lipinski definition) is 10. The zero-order valence-electron chi connectivity index (χ0n) is 31.0. The monoisotopic (exact) mass is 786 g/mol. The number of nitrogens with zero attached hydrogens (tertiary/aromatic N) is 3. The first-order valence-electron chi connectivity index (χ1n) is 18.4. The average molecular weight is 787 g/mol. The zero-order chi connectivity index (χ0) is 39.9. The third-order valence-electron chi connectivity index (χ3n) is 10.3. The lowest BCUT2D eigenvalue weighted by atomic mass is 10.1. The van der Waals surface area contributed by atoms with Crippen molar-refractivity contribution in [3.05, 3.63) is 60.0 Å². The minimum absolute atomic E-state index is 0.0501. The molecular formula is C37H47FN6O10S. The molecule has 3 N–H and O–H groups in total. The quantitative estimate of drug-likeness (QED) is 0.283. The third-order valence-corrected chi connectivity index (χ3v) is 12.1. The van der Waals surface area contributed by atoms with Gasteiger partial charge in [0.2, 0.25) is 27.7 Å². The maximum absolute atomic E-state index is 14.6. The Labute approximate surface area is 318 Å². The van der Waals surface area contributed by atoms with E-state index >= 15 is 0 Å². The second-order valence-corrected chi connectivity index (χ2v) is 17.6. The van der Waals surface area contributed by atoms with Crippen LogP contribution in [0.1, 0.15) is 70.4 Å². The number of hydrogen-bond donors (Lipinski definition) is 3. The Morgan fingerprint density at radius 2 is 1.84 bits per heavy atom. The van der Waals surface area contributed by atoms with Crippen molar-refractivity contribution >= 4 is 45.8 Å². The van der Waals surface area contributed by atoms with E-state index in [2.05, 4.69) is 21.9 Å². The van der Waals surface area contributed by atoms with Crippen LogP contribution in [-0.2, 0) is 51.8 Å². The van der Waals surface area contributed by atoms with Crippen LogP contribution in [0.2, 0.25) is 0 Å². The fourth-order valence-corrected chi connectivity index (χ4v) is 8.57. The van der Waals surface area contributed by atoms with Crippen LogP contribution in [0.25, 0.3) is 0 Å². The van der Waals surface area contributed by atoms with Crippen molar-refractivity contribution in [1.29, 1.82) is 0 Å². The molecule has 3 fully saturated rings. The largest absolute Gasteiger partial charge is 0.444 e. The van der Waals surface area contributed by atoms with Gasteiger partial charge in [-0.2, -0.15) is 0 Å². The predicted molar refractivity (Wildman–Crippen MR) is 193 cm³/mol. The molecule has 0 spiro atoms. The molecule has 55 heavy (non-hydrogen) atoms. The van der Waals surface area contributed by atoms with Gasteiger partial charge in [0.05, 0.1) is 24.9 Å². The molecule has 3 heterocycles. The number of halogens is 1. The van der Waals surface area contributed by atoms with Crippen molar-refractivity contribution in [2.45, 2.75) is 107 Å². The van der Waals surface area contributed by atoms with E-state index in [-0.39, 0.29) is 45.6 Å². The minimum atomic E-state index is -3.98. The van der Waals surface area contributed by atoms with Gasteiger partial charge >= 0.3 is 12.2 Å². The van der Waals surface area contributed by atoms with E-state index < -0.39 is 92.2 Å². The van der Waals surface area contributed by atoms with Crippen LogP contribution < -0.4 is 15.4 Å². The number of carbonyl (C=O) groups excluding carboxylic acids is 6. The van der Waals surface area contributed by atoms with Crippen molar-refractivity contribution in [3.8, 4) is 0 Å². The molecule has 1 aromatic rings. The van der Waals surface area contributed by atoms with Gasteiger partial charge in [-0.3, -0.25) is 28.8 Å². The van der Waals surface area contributed by atoms with E-state index in [0.29, 0.717) is 36.8 Å². The van der Waals surface area contributed by atoms with Gasteiger partial charge in [0.25, 0.3) is 5.91 Å². The Balaban J connectivity index is 1.31. The van der Waals surface area contributed by atoms with E-state index in [1.165, 1.54) is 21.9 Å². The molecule has 2 aliphatic carbocycles. The number of amides is 6. The van der Waals surface area contributed by atoms with Gasteiger partial charge in [0.1, 0.15) is 35.1 Å². The molecule has 0 bridgehead atoms. The number of allylic oxidation sites excluding steroid dienone is 1. The van der Waals surface area contributed by atoms with Crippen molar-refractivity contribution in [3.63, 3.8) is 0 Å². The van der Waals surface area contributed by atoms with E-state index in [1.54, 1.807) is 39.0 Å². The van der Waals surface area contributed by atoms with Crippen molar-refractivity contribution in [1.82, 2.24) is 30.1 Å². The molecule has 16 nitrogen and oxygen atoms in total. The van der Waals surface area contributed by atoms with E-state index in [9.17, 15) is 41.6 Å². The lowest BCUT2D eigenvalue weighted by Crippen LogP contribution is -2.60. The van der Waals surface area contributed by atoms with Crippen LogP contribution in [0.15, 0.2) is 43.0 Å². The maximum Gasteiger partial charge on any atom is 0.410 e. The van der Waals surface area contributed by atoms with Crippen molar-refractivity contribution in [2.24, 2.45) is 5.92 Å². The normalized spacial score (nSPS) is 27.6. The molecule has 1 aromatic carbocycles. The highest BCUT2D eigenvalue weighted by Gasteiger charge is 2.62. The summed E-state index contributed by atoms with van der Waals surface area (Å²) in [6, 6.07) is 1.71. The summed E-state index contributed by atoms with van der Waals surface area (Å²) in [5, 5.41) is 4.58. The summed E-state index contributed by atoms with van der Waals surface area (Å²) in [4.78, 5) is 85.8. The molecule has 298 valence electrons. The van der Waals surface area contributed by atoms with Crippen LogP contribution in [0.5, 0.6) is 0 Å². The number of alkyl carbamates (subject to hydrolysis) is 1. The minimum Gasteiger partial charge on any atom is -0.444 e.